The number of rotatable bonds is 5. The lowest BCUT2D eigenvalue weighted by Gasteiger charge is -2.35. The van der Waals surface area contributed by atoms with E-state index in [1.165, 1.54) is 0 Å². The highest BCUT2D eigenvalue weighted by Crippen LogP contribution is 2.27. The number of nitrogens with one attached hydrogen (secondary N) is 1. The Morgan fingerprint density at radius 1 is 1.33 bits per heavy atom. The van der Waals surface area contributed by atoms with Crippen LogP contribution >= 0.6 is 36.4 Å². The molecule has 0 aliphatic carbocycles. The Balaban J connectivity index is 0.00000264. The number of halogens is 3. The van der Waals surface area contributed by atoms with Gasteiger partial charge in [-0.25, -0.2) is 0 Å². The number of nitrogens with two attached hydrogens (primary N) is 1. The fourth-order valence-corrected chi connectivity index (χ4v) is 2.75. The van der Waals surface area contributed by atoms with Gasteiger partial charge in [0.1, 0.15) is 0 Å². The van der Waals surface area contributed by atoms with Crippen LogP contribution in [0.2, 0.25) is 5.02 Å². The van der Waals surface area contributed by atoms with Crippen LogP contribution in [0.25, 0.3) is 0 Å². The number of hydrogen-bond donors (Lipinski definition) is 2. The van der Waals surface area contributed by atoms with Crippen LogP contribution in [0.5, 0.6) is 0 Å². The first kappa shape index (κ1) is 23.4. The van der Waals surface area contributed by atoms with Crippen molar-refractivity contribution in [2.45, 2.75) is 25.4 Å². The summed E-state index contributed by atoms with van der Waals surface area (Å²) < 4.78 is 5.41. The molecule has 1 aromatic carbocycles. The lowest BCUT2D eigenvalue weighted by molar-refractivity contribution is -0.125. The minimum Gasteiger partial charge on any atom is -0.379 e. The highest BCUT2D eigenvalue weighted by molar-refractivity contribution is 6.31. The van der Waals surface area contributed by atoms with Crippen molar-refractivity contribution < 1.29 is 9.53 Å². The lowest BCUT2D eigenvalue weighted by Crippen LogP contribution is -2.51. The second kappa shape index (κ2) is 10.4. The molecule has 1 aliphatic heterocycles. The van der Waals surface area contributed by atoms with Crippen molar-refractivity contribution in [3.63, 3.8) is 0 Å². The molecule has 138 valence electrons. The molecule has 0 saturated carbocycles. The van der Waals surface area contributed by atoms with Gasteiger partial charge in [-0.3, -0.25) is 9.69 Å². The van der Waals surface area contributed by atoms with E-state index in [2.05, 4.69) is 10.2 Å². The van der Waals surface area contributed by atoms with Gasteiger partial charge in [-0.2, -0.15) is 0 Å². The molecule has 5 nitrogen and oxygen atoms in total. The second-order valence-electron chi connectivity index (χ2n) is 6.12. The fraction of sp³-hybridized carbons (Fsp3) is 0.562. The summed E-state index contributed by atoms with van der Waals surface area (Å²) in [6.07, 6.45) is 0. The van der Waals surface area contributed by atoms with Gasteiger partial charge in [-0.1, -0.05) is 29.8 Å². The van der Waals surface area contributed by atoms with E-state index in [4.69, 9.17) is 22.1 Å². The van der Waals surface area contributed by atoms with E-state index in [0.717, 1.165) is 18.7 Å². The van der Waals surface area contributed by atoms with Crippen LogP contribution in [-0.2, 0) is 9.53 Å². The third kappa shape index (κ3) is 6.39. The smallest absolute Gasteiger partial charge is 0.239 e. The van der Waals surface area contributed by atoms with Crippen LogP contribution in [0.15, 0.2) is 24.3 Å². The van der Waals surface area contributed by atoms with E-state index >= 15 is 0 Å². The molecule has 2 rings (SSSR count). The normalized spacial score (nSPS) is 16.5. The van der Waals surface area contributed by atoms with E-state index in [0.29, 0.717) is 24.8 Å². The molecule has 1 unspecified atom stereocenters. The van der Waals surface area contributed by atoms with Crippen LogP contribution in [0.1, 0.15) is 25.5 Å². The molecule has 0 bridgehead atoms. The van der Waals surface area contributed by atoms with Crippen LogP contribution in [0.4, 0.5) is 0 Å². The third-order valence-corrected chi connectivity index (χ3v) is 4.14. The third-order valence-electron chi connectivity index (χ3n) is 3.79. The van der Waals surface area contributed by atoms with Crippen molar-refractivity contribution in [2.75, 3.05) is 32.8 Å². The predicted molar refractivity (Wildman–Crippen MR) is 102 cm³/mol. The first-order valence-electron chi connectivity index (χ1n) is 7.53. The first-order valence-corrected chi connectivity index (χ1v) is 7.91. The lowest BCUT2D eigenvalue weighted by atomic mass is 10.0. The largest absolute Gasteiger partial charge is 0.379 e. The molecule has 0 radical (unpaired) electrons. The second-order valence-corrected chi connectivity index (χ2v) is 6.52. The van der Waals surface area contributed by atoms with Gasteiger partial charge >= 0.3 is 0 Å². The molecule has 1 amide bonds. The molecule has 0 aromatic heterocycles. The van der Waals surface area contributed by atoms with Gasteiger partial charge in [-0.15, -0.1) is 24.8 Å². The SMILES string of the molecule is CC(C)(N)C(=O)NCC(c1ccccc1Cl)N1CCOCC1.Cl.Cl. The van der Waals surface area contributed by atoms with Gasteiger partial charge in [0.15, 0.2) is 0 Å². The van der Waals surface area contributed by atoms with Crippen molar-refractivity contribution in [3.8, 4) is 0 Å². The molecule has 1 atom stereocenters. The number of carbonyl (C=O) groups excluding carboxylic acids is 1. The zero-order valence-corrected chi connectivity index (χ0v) is 16.3. The van der Waals surface area contributed by atoms with Crippen LogP contribution in [0.3, 0.4) is 0 Å². The van der Waals surface area contributed by atoms with E-state index in [1.807, 2.05) is 24.3 Å². The average Bonchev–Trinajstić information content (AvgIpc) is 2.49. The molecule has 1 heterocycles. The summed E-state index contributed by atoms with van der Waals surface area (Å²) in [5.74, 6) is -0.169. The topological polar surface area (TPSA) is 67.6 Å². The quantitative estimate of drug-likeness (QED) is 0.799. The Kier molecular flexibility index (Phi) is 10.2. The van der Waals surface area contributed by atoms with E-state index < -0.39 is 5.54 Å². The Morgan fingerprint density at radius 2 is 1.92 bits per heavy atom. The molecule has 0 spiro atoms. The molecular formula is C16H26Cl3N3O2. The molecular weight excluding hydrogens is 373 g/mol. The fourth-order valence-electron chi connectivity index (χ4n) is 2.49. The number of hydrogen-bond acceptors (Lipinski definition) is 4. The predicted octanol–water partition coefficient (Wildman–Crippen LogP) is 2.41. The zero-order valence-electron chi connectivity index (χ0n) is 14.0. The summed E-state index contributed by atoms with van der Waals surface area (Å²) in [4.78, 5) is 14.3. The monoisotopic (exact) mass is 397 g/mol. The molecule has 1 aliphatic rings. The minimum atomic E-state index is -0.893. The maximum atomic E-state index is 12.1. The highest BCUT2D eigenvalue weighted by atomic mass is 35.5. The number of nitrogens with zero attached hydrogens (tertiary/aromatic N) is 1. The van der Waals surface area contributed by atoms with E-state index in [9.17, 15) is 4.79 Å². The van der Waals surface area contributed by atoms with Crippen molar-refractivity contribution in [2.24, 2.45) is 5.73 Å². The van der Waals surface area contributed by atoms with Gasteiger partial charge in [0.2, 0.25) is 5.91 Å². The van der Waals surface area contributed by atoms with Gasteiger partial charge in [0.25, 0.3) is 0 Å². The van der Waals surface area contributed by atoms with E-state index in [-0.39, 0.29) is 36.8 Å². The Bertz CT molecular complexity index is 518. The van der Waals surface area contributed by atoms with Gasteiger partial charge < -0.3 is 15.8 Å². The summed E-state index contributed by atoms with van der Waals surface area (Å²) in [6.45, 7) is 6.89. The van der Waals surface area contributed by atoms with E-state index in [1.54, 1.807) is 13.8 Å². The Hall–Kier alpha value is -0.560. The van der Waals surface area contributed by atoms with Crippen molar-refractivity contribution in [1.82, 2.24) is 10.2 Å². The van der Waals surface area contributed by atoms with Crippen LogP contribution in [-0.4, -0.2) is 49.2 Å². The summed E-state index contributed by atoms with van der Waals surface area (Å²) in [5.41, 5.74) is 5.96. The van der Waals surface area contributed by atoms with Crippen molar-refractivity contribution >= 4 is 42.3 Å². The Morgan fingerprint density at radius 3 is 2.46 bits per heavy atom. The number of benzene rings is 1. The summed E-state index contributed by atoms with van der Waals surface area (Å²) >= 11 is 6.35. The molecule has 3 N–H and O–H groups in total. The van der Waals surface area contributed by atoms with Gasteiger partial charge in [-0.05, 0) is 25.5 Å². The summed E-state index contributed by atoms with van der Waals surface area (Å²) in [7, 11) is 0. The number of ether oxygens (including phenoxy) is 1. The molecule has 8 heteroatoms. The zero-order chi connectivity index (χ0) is 16.2. The van der Waals surface area contributed by atoms with Gasteiger partial charge in [0.05, 0.1) is 24.8 Å². The molecule has 1 aromatic rings. The molecule has 1 fully saturated rings. The van der Waals surface area contributed by atoms with Crippen molar-refractivity contribution in [3.05, 3.63) is 34.9 Å². The van der Waals surface area contributed by atoms with Crippen LogP contribution < -0.4 is 11.1 Å². The first-order chi connectivity index (χ1) is 10.4. The van der Waals surface area contributed by atoms with Gasteiger partial charge in [0, 0.05) is 24.7 Å². The summed E-state index contributed by atoms with van der Waals surface area (Å²) in [6, 6.07) is 7.76. The summed E-state index contributed by atoms with van der Waals surface area (Å²) in [5, 5.41) is 3.65. The maximum Gasteiger partial charge on any atom is 0.239 e. The molecule has 24 heavy (non-hydrogen) atoms. The van der Waals surface area contributed by atoms with Crippen molar-refractivity contribution in [1.29, 1.82) is 0 Å². The number of carbonyl (C=O) groups is 1. The Labute approximate surface area is 161 Å². The standard InChI is InChI=1S/C16H24ClN3O2.2ClH/c1-16(2,18)15(21)19-11-14(20-7-9-22-10-8-20)12-5-3-4-6-13(12)17;;/h3-6,14H,7-11,18H2,1-2H3,(H,19,21);2*1H. The molecule has 1 saturated heterocycles. The average molecular weight is 399 g/mol. The number of amides is 1. The highest BCUT2D eigenvalue weighted by Gasteiger charge is 2.27. The minimum absolute atomic E-state index is 0. The maximum absolute atomic E-state index is 12.1. The number of morpholine rings is 1. The van der Waals surface area contributed by atoms with Crippen LogP contribution in [0, 0.1) is 0 Å².